The summed E-state index contributed by atoms with van der Waals surface area (Å²) in [6.45, 7) is 15.0. The van der Waals surface area contributed by atoms with Crippen LogP contribution in [-0.4, -0.2) is 125 Å². The van der Waals surface area contributed by atoms with Crippen LogP contribution in [0.4, 0.5) is 5.69 Å². The fourth-order valence-electron chi connectivity index (χ4n) is 8.67. The van der Waals surface area contributed by atoms with Crippen molar-refractivity contribution in [2.75, 3.05) is 27.3 Å². The molecule has 0 saturated carbocycles. The number of aliphatic imine (C=N–C) groups is 1. The zero-order chi connectivity index (χ0) is 43.3. The van der Waals surface area contributed by atoms with Gasteiger partial charge in [0.15, 0.2) is 12.1 Å². The minimum Gasteiger partial charge on any atom is -0.459 e. The van der Waals surface area contributed by atoms with Gasteiger partial charge >= 0.3 is 5.97 Å². The molecule has 1 amide bonds. The van der Waals surface area contributed by atoms with Crippen molar-refractivity contribution in [3.05, 3.63) is 57.7 Å². The first-order valence-electron chi connectivity index (χ1n) is 20.2. The van der Waals surface area contributed by atoms with E-state index in [-0.39, 0.29) is 43.9 Å². The lowest BCUT2D eigenvalue weighted by Crippen LogP contribution is -2.60. The van der Waals surface area contributed by atoms with E-state index in [0.717, 1.165) is 0 Å². The van der Waals surface area contributed by atoms with E-state index in [4.69, 9.17) is 23.7 Å². The van der Waals surface area contributed by atoms with E-state index in [9.17, 15) is 34.7 Å². The number of aliphatic hydroxyl groups excluding tert-OH is 1. The number of allylic oxidation sites excluding steroid dienone is 2. The Morgan fingerprint density at radius 1 is 1.09 bits per heavy atom. The highest BCUT2D eigenvalue weighted by Crippen LogP contribution is 2.40. The molecule has 0 aliphatic carbocycles. The summed E-state index contributed by atoms with van der Waals surface area (Å²) >= 11 is 0. The number of aliphatic hydroxyl groups is 2. The number of esters is 1. The number of fused-ring (bicyclic) bond motifs is 5. The molecule has 1 aromatic rings. The van der Waals surface area contributed by atoms with Crippen LogP contribution < -0.4 is 0 Å². The Hall–Kier alpha value is -3.70. The van der Waals surface area contributed by atoms with Crippen molar-refractivity contribution in [2.45, 2.75) is 136 Å². The SMILES string of the molecule is CC[C@H]1OC(=O)[C@H](C)C(=O)[C@H](C)C(O[C@@H]2O[C@H](C)C[C@H](N(C)C)C2O)[C@@]2(C)CC(C)C(=NC(C)=O)C(C)C(OC/C(=C/C=C/c3ccc([N+](=O)[O-])cc3)CO2)[C@]1(C)O. The summed E-state index contributed by atoms with van der Waals surface area (Å²) in [5.41, 5.74) is -1.51. The van der Waals surface area contributed by atoms with Gasteiger partial charge in [-0.25, -0.2) is 4.99 Å². The van der Waals surface area contributed by atoms with Crippen LogP contribution in [0.3, 0.4) is 0 Å². The van der Waals surface area contributed by atoms with Crippen molar-refractivity contribution >= 4 is 35.1 Å². The van der Waals surface area contributed by atoms with Crippen molar-refractivity contribution in [1.82, 2.24) is 4.90 Å². The zero-order valence-corrected chi connectivity index (χ0v) is 35.7. The maximum absolute atomic E-state index is 14.5. The minimum absolute atomic E-state index is 0.0363. The van der Waals surface area contributed by atoms with Crippen molar-refractivity contribution in [2.24, 2.45) is 28.7 Å². The number of ether oxygens (including phenoxy) is 5. The number of benzene rings is 1. The lowest BCUT2D eigenvalue weighted by atomic mass is 9.73. The van der Waals surface area contributed by atoms with Crippen LogP contribution in [0.15, 0.2) is 47.0 Å². The number of carbonyl (C=O) groups is 3. The van der Waals surface area contributed by atoms with Crippen molar-refractivity contribution in [1.29, 1.82) is 0 Å². The maximum atomic E-state index is 14.5. The van der Waals surface area contributed by atoms with Gasteiger partial charge in [-0.15, -0.1) is 0 Å². The Balaban J connectivity index is 1.96. The van der Waals surface area contributed by atoms with Crippen LogP contribution in [0, 0.1) is 33.8 Å². The summed E-state index contributed by atoms with van der Waals surface area (Å²) in [4.78, 5) is 58.2. The number of non-ortho nitro benzene ring substituents is 1. The van der Waals surface area contributed by atoms with Gasteiger partial charge in [-0.1, -0.05) is 45.9 Å². The number of nitro groups is 1. The van der Waals surface area contributed by atoms with Crippen molar-refractivity contribution in [3.63, 3.8) is 0 Å². The highest BCUT2D eigenvalue weighted by molar-refractivity contribution is 6.00. The molecule has 2 bridgehead atoms. The van der Waals surface area contributed by atoms with E-state index in [1.165, 1.54) is 32.9 Å². The number of likely N-dealkylation sites (N-methyl/N-ethyl adjacent to an activating group) is 1. The Morgan fingerprint density at radius 2 is 1.74 bits per heavy atom. The van der Waals surface area contributed by atoms with Gasteiger partial charge in [-0.3, -0.25) is 24.5 Å². The van der Waals surface area contributed by atoms with Crippen LogP contribution in [0.5, 0.6) is 0 Å². The molecule has 3 aliphatic rings. The van der Waals surface area contributed by atoms with Crippen LogP contribution in [0.2, 0.25) is 0 Å². The molecule has 3 heterocycles. The molecule has 15 heteroatoms. The molecule has 0 radical (unpaired) electrons. The van der Waals surface area contributed by atoms with E-state index >= 15 is 0 Å². The van der Waals surface area contributed by atoms with Crippen molar-refractivity contribution in [3.8, 4) is 0 Å². The van der Waals surface area contributed by atoms with E-state index in [2.05, 4.69) is 4.99 Å². The topological polar surface area (TPSA) is 197 Å². The highest BCUT2D eigenvalue weighted by Gasteiger charge is 2.53. The third-order valence-electron chi connectivity index (χ3n) is 11.9. The Kier molecular flexibility index (Phi) is 15.9. The summed E-state index contributed by atoms with van der Waals surface area (Å²) in [5.74, 6) is -5.30. The number of amides is 1. The molecular formula is C43H63N3O12. The van der Waals surface area contributed by atoms with Gasteiger partial charge in [-0.05, 0) is 90.2 Å². The summed E-state index contributed by atoms with van der Waals surface area (Å²) < 4.78 is 32.5. The molecule has 322 valence electrons. The summed E-state index contributed by atoms with van der Waals surface area (Å²) in [7, 11) is 3.72. The second-order valence-electron chi connectivity index (χ2n) is 16.9. The van der Waals surface area contributed by atoms with Crippen molar-refractivity contribution < 1.29 is 53.2 Å². The van der Waals surface area contributed by atoms with Gasteiger partial charge in [0, 0.05) is 42.6 Å². The van der Waals surface area contributed by atoms with E-state index < -0.39 is 88.2 Å². The number of nitrogens with zero attached hydrogens (tertiary/aromatic N) is 3. The van der Waals surface area contributed by atoms with E-state index in [1.807, 2.05) is 39.8 Å². The molecule has 58 heavy (non-hydrogen) atoms. The second-order valence-corrected chi connectivity index (χ2v) is 16.9. The lowest BCUT2D eigenvalue weighted by molar-refractivity contribution is -0.384. The number of cyclic esters (lactones) is 1. The van der Waals surface area contributed by atoms with Gasteiger partial charge in [0.1, 0.15) is 23.7 Å². The van der Waals surface area contributed by atoms with Crippen LogP contribution >= 0.6 is 0 Å². The third kappa shape index (κ3) is 10.9. The molecule has 3 aliphatic heterocycles. The predicted molar refractivity (Wildman–Crippen MR) is 217 cm³/mol. The molecule has 3 saturated heterocycles. The van der Waals surface area contributed by atoms with Gasteiger partial charge in [0.2, 0.25) is 5.91 Å². The largest absolute Gasteiger partial charge is 0.459 e. The quantitative estimate of drug-likeness (QED) is 0.160. The fourth-order valence-corrected chi connectivity index (χ4v) is 8.67. The molecule has 13 atom stereocenters. The second kappa shape index (κ2) is 19.6. The Bertz CT molecular complexity index is 1720. The monoisotopic (exact) mass is 813 g/mol. The first-order valence-corrected chi connectivity index (χ1v) is 20.2. The number of carbonyl (C=O) groups excluding carboxylic acids is 3. The maximum Gasteiger partial charge on any atom is 0.316 e. The van der Waals surface area contributed by atoms with Crippen LogP contribution in [0.1, 0.15) is 87.1 Å². The fraction of sp³-hybridized carbons (Fsp3) is 0.674. The van der Waals surface area contributed by atoms with Gasteiger partial charge in [0.05, 0.1) is 42.1 Å². The summed E-state index contributed by atoms with van der Waals surface area (Å²) in [6, 6.07) is 5.74. The summed E-state index contributed by atoms with van der Waals surface area (Å²) in [5, 5.41) is 35.2. The average Bonchev–Trinajstić information content (AvgIpc) is 3.17. The predicted octanol–water partition coefficient (Wildman–Crippen LogP) is 5.10. The van der Waals surface area contributed by atoms with Gasteiger partial charge in [-0.2, -0.15) is 0 Å². The number of rotatable bonds is 7. The molecule has 15 nitrogen and oxygen atoms in total. The normalized spacial score (nSPS) is 38.6. The molecule has 5 unspecified atom stereocenters. The molecule has 0 spiro atoms. The number of hydrogen-bond donors (Lipinski definition) is 2. The lowest BCUT2D eigenvalue weighted by Gasteiger charge is -2.47. The molecule has 2 N–H and O–H groups in total. The molecule has 1 aromatic carbocycles. The summed E-state index contributed by atoms with van der Waals surface area (Å²) in [6.07, 6.45) is 0.245. The zero-order valence-electron chi connectivity index (χ0n) is 35.7. The number of nitro benzene ring substituents is 1. The van der Waals surface area contributed by atoms with Gasteiger partial charge < -0.3 is 38.8 Å². The van der Waals surface area contributed by atoms with E-state index in [1.54, 1.807) is 51.1 Å². The number of ketones is 1. The number of Topliss-reactive ketones (excluding diaryl/α,β-unsaturated/α-hetero) is 1. The Labute approximate surface area is 341 Å². The highest BCUT2D eigenvalue weighted by atomic mass is 16.7. The third-order valence-corrected chi connectivity index (χ3v) is 11.9. The molecule has 4 rings (SSSR count). The van der Waals surface area contributed by atoms with Crippen LogP contribution in [-0.2, 0) is 38.1 Å². The molecule has 3 fully saturated rings. The van der Waals surface area contributed by atoms with Crippen LogP contribution in [0.25, 0.3) is 6.08 Å². The van der Waals surface area contributed by atoms with E-state index in [0.29, 0.717) is 23.3 Å². The van der Waals surface area contributed by atoms with Gasteiger partial charge in [0.25, 0.3) is 5.69 Å². The minimum atomic E-state index is -1.84. The number of hydrogen-bond acceptors (Lipinski definition) is 13. The smallest absolute Gasteiger partial charge is 0.316 e. The molecular weight excluding hydrogens is 750 g/mol. The first-order chi connectivity index (χ1) is 27.1. The first kappa shape index (κ1) is 47.0. The molecule has 0 aromatic heterocycles. The Morgan fingerprint density at radius 3 is 2.33 bits per heavy atom. The average molecular weight is 814 g/mol. The standard InChI is InChI=1S/C43H63N3O12/c1-12-34-43(9,51)39-26(4)35(44-29(7)47)24(2)21-42(8,55-23-31(22-54-39)15-13-14-30-16-18-32(19-17-30)46(52)53)38(27(5)36(48)28(6)40(50)57-34)58-41-37(49)33(45(10)11)20-25(3)56-41/h13-19,24-28,33-34,37-39,41,49,51H,12,20-23H2,1-11H3/b14-13+,31-15-,44-35?/t24?,25-,26?,27+,28-,33+,34-,37?,38?,39?,41+,42-,43-/m1/s1.